The van der Waals surface area contributed by atoms with Gasteiger partial charge >= 0.3 is 17.9 Å². The second-order valence-electron chi connectivity index (χ2n) is 5.86. The van der Waals surface area contributed by atoms with Gasteiger partial charge in [-0.3, -0.25) is 4.72 Å². The second kappa shape index (κ2) is 8.74. The van der Waals surface area contributed by atoms with Gasteiger partial charge in [-0.2, -0.15) is 0 Å². The van der Waals surface area contributed by atoms with Crippen molar-refractivity contribution >= 4 is 33.6 Å². The smallest absolute Gasteiger partial charge is 0.338 e. The van der Waals surface area contributed by atoms with Crippen molar-refractivity contribution < 1.29 is 37.0 Å². The highest BCUT2D eigenvalue weighted by Gasteiger charge is 2.21. The van der Waals surface area contributed by atoms with E-state index in [4.69, 9.17) is 0 Å². The van der Waals surface area contributed by atoms with Crippen LogP contribution in [0.15, 0.2) is 41.3 Å². The molecular formula is C19H19NO8S. The third kappa shape index (κ3) is 4.91. The lowest BCUT2D eigenvalue weighted by atomic mass is 10.1. The van der Waals surface area contributed by atoms with Gasteiger partial charge in [0.05, 0.1) is 48.6 Å². The summed E-state index contributed by atoms with van der Waals surface area (Å²) in [5.74, 6) is -2.21. The van der Waals surface area contributed by atoms with Crippen LogP contribution in [0.2, 0.25) is 0 Å². The molecule has 10 heteroatoms. The molecule has 29 heavy (non-hydrogen) atoms. The van der Waals surface area contributed by atoms with Crippen molar-refractivity contribution in [3.63, 3.8) is 0 Å². The van der Waals surface area contributed by atoms with E-state index in [0.717, 1.165) is 14.2 Å². The van der Waals surface area contributed by atoms with Crippen LogP contribution >= 0.6 is 0 Å². The number of nitrogens with one attached hydrogen (secondary N) is 1. The minimum atomic E-state index is -4.15. The van der Waals surface area contributed by atoms with Crippen molar-refractivity contribution in [2.75, 3.05) is 26.1 Å². The average Bonchev–Trinajstić information content (AvgIpc) is 2.71. The van der Waals surface area contributed by atoms with Gasteiger partial charge in [-0.1, -0.05) is 6.07 Å². The number of hydrogen-bond donors (Lipinski definition) is 1. The average molecular weight is 421 g/mol. The van der Waals surface area contributed by atoms with Gasteiger partial charge in [0.2, 0.25) is 0 Å². The molecule has 0 bridgehead atoms. The molecule has 0 saturated heterocycles. The van der Waals surface area contributed by atoms with Crippen LogP contribution in [-0.2, 0) is 24.2 Å². The van der Waals surface area contributed by atoms with Crippen molar-refractivity contribution in [3.8, 4) is 0 Å². The highest BCUT2D eigenvalue weighted by molar-refractivity contribution is 7.92. The Kier molecular flexibility index (Phi) is 6.60. The zero-order chi connectivity index (χ0) is 21.8. The Balaban J connectivity index is 2.50. The van der Waals surface area contributed by atoms with Crippen molar-refractivity contribution in [2.45, 2.75) is 11.8 Å². The predicted molar refractivity (Wildman–Crippen MR) is 102 cm³/mol. The van der Waals surface area contributed by atoms with Gasteiger partial charge < -0.3 is 14.2 Å². The van der Waals surface area contributed by atoms with E-state index in [1.807, 2.05) is 0 Å². The van der Waals surface area contributed by atoms with E-state index in [1.165, 1.54) is 43.5 Å². The number of ether oxygens (including phenoxy) is 3. The molecule has 1 N–H and O–H groups in total. The number of aryl methyl sites for hydroxylation is 1. The molecule has 2 rings (SSSR count). The van der Waals surface area contributed by atoms with Gasteiger partial charge in [-0.25, -0.2) is 22.8 Å². The summed E-state index contributed by atoms with van der Waals surface area (Å²) in [4.78, 5) is 35.3. The highest BCUT2D eigenvalue weighted by Crippen LogP contribution is 2.22. The molecule has 0 amide bonds. The molecule has 0 aromatic heterocycles. The molecule has 0 fully saturated rings. The van der Waals surface area contributed by atoms with Gasteiger partial charge in [0.25, 0.3) is 10.0 Å². The lowest BCUT2D eigenvalue weighted by molar-refractivity contribution is 0.0587. The Morgan fingerprint density at radius 3 is 1.79 bits per heavy atom. The van der Waals surface area contributed by atoms with Crippen LogP contribution < -0.4 is 4.72 Å². The minimum Gasteiger partial charge on any atom is -0.465 e. The normalized spacial score (nSPS) is 10.8. The van der Waals surface area contributed by atoms with Gasteiger partial charge in [0.1, 0.15) is 0 Å². The first-order valence-electron chi connectivity index (χ1n) is 8.16. The van der Waals surface area contributed by atoms with Crippen molar-refractivity contribution in [2.24, 2.45) is 0 Å². The van der Waals surface area contributed by atoms with Crippen LogP contribution in [0.25, 0.3) is 0 Å². The fraction of sp³-hybridized carbons (Fsp3) is 0.211. The summed E-state index contributed by atoms with van der Waals surface area (Å²) in [6.45, 7) is 1.64. The van der Waals surface area contributed by atoms with E-state index >= 15 is 0 Å². The Morgan fingerprint density at radius 1 is 0.793 bits per heavy atom. The van der Waals surface area contributed by atoms with Crippen molar-refractivity contribution in [1.82, 2.24) is 0 Å². The van der Waals surface area contributed by atoms with Crippen molar-refractivity contribution in [1.29, 1.82) is 0 Å². The van der Waals surface area contributed by atoms with Crippen LogP contribution in [0.1, 0.15) is 36.6 Å². The molecule has 0 aliphatic carbocycles. The molecule has 0 radical (unpaired) electrons. The molecular weight excluding hydrogens is 402 g/mol. The van der Waals surface area contributed by atoms with E-state index in [-0.39, 0.29) is 27.3 Å². The van der Waals surface area contributed by atoms with E-state index in [9.17, 15) is 22.8 Å². The fourth-order valence-corrected chi connectivity index (χ4v) is 3.54. The molecule has 0 aliphatic heterocycles. The maximum absolute atomic E-state index is 12.8. The standard InChI is InChI=1S/C19H19NO8S/c1-11-5-6-15(10-16(11)19(23)28-4)29(24,25)20-14-8-12(17(21)26-2)7-13(9-14)18(22)27-3/h5-10,20H,1-4H3. The number of rotatable bonds is 6. The van der Waals surface area contributed by atoms with Crippen LogP contribution in [0, 0.1) is 6.92 Å². The van der Waals surface area contributed by atoms with E-state index in [0.29, 0.717) is 5.56 Å². The molecule has 0 heterocycles. The summed E-state index contributed by atoms with van der Waals surface area (Å²) in [5.41, 5.74) is 0.471. The summed E-state index contributed by atoms with van der Waals surface area (Å²) < 4.78 is 41.7. The topological polar surface area (TPSA) is 125 Å². The number of carbonyl (C=O) groups is 3. The molecule has 0 aliphatic rings. The van der Waals surface area contributed by atoms with Crippen LogP contribution in [0.4, 0.5) is 5.69 Å². The number of esters is 3. The maximum Gasteiger partial charge on any atom is 0.338 e. The first-order valence-corrected chi connectivity index (χ1v) is 9.64. The molecule has 2 aromatic rings. The minimum absolute atomic E-state index is 0.0488. The van der Waals surface area contributed by atoms with E-state index in [1.54, 1.807) is 6.92 Å². The third-order valence-corrected chi connectivity index (χ3v) is 5.33. The number of benzene rings is 2. The number of hydrogen-bond acceptors (Lipinski definition) is 8. The molecule has 0 unspecified atom stereocenters. The largest absolute Gasteiger partial charge is 0.465 e. The van der Waals surface area contributed by atoms with Crippen LogP contribution in [0.3, 0.4) is 0 Å². The monoisotopic (exact) mass is 421 g/mol. The molecule has 0 atom stereocenters. The molecule has 2 aromatic carbocycles. The summed E-state index contributed by atoms with van der Waals surface area (Å²) in [5, 5.41) is 0. The molecule has 0 spiro atoms. The Morgan fingerprint density at radius 2 is 1.31 bits per heavy atom. The number of anilines is 1. The summed E-state index contributed by atoms with van der Waals surface area (Å²) in [6.07, 6.45) is 0. The predicted octanol–water partition coefficient (Wildman–Crippen LogP) is 2.16. The summed E-state index contributed by atoms with van der Waals surface area (Å²) in [6, 6.07) is 7.60. The van der Waals surface area contributed by atoms with Crippen LogP contribution in [-0.4, -0.2) is 47.7 Å². The lowest BCUT2D eigenvalue weighted by Crippen LogP contribution is -2.16. The highest BCUT2D eigenvalue weighted by atomic mass is 32.2. The van der Waals surface area contributed by atoms with Crippen molar-refractivity contribution in [3.05, 3.63) is 58.7 Å². The van der Waals surface area contributed by atoms with Gasteiger partial charge in [0.15, 0.2) is 0 Å². The van der Waals surface area contributed by atoms with Gasteiger partial charge in [-0.15, -0.1) is 0 Å². The second-order valence-corrected chi connectivity index (χ2v) is 7.54. The number of sulfonamides is 1. The summed E-state index contributed by atoms with van der Waals surface area (Å²) >= 11 is 0. The zero-order valence-corrected chi connectivity index (χ0v) is 17.0. The van der Waals surface area contributed by atoms with E-state index in [2.05, 4.69) is 18.9 Å². The SMILES string of the molecule is COC(=O)c1cc(NS(=O)(=O)c2ccc(C)c(C(=O)OC)c2)cc(C(=O)OC)c1. The Hall–Kier alpha value is -3.40. The molecule has 9 nitrogen and oxygen atoms in total. The van der Waals surface area contributed by atoms with Gasteiger partial charge in [0, 0.05) is 0 Å². The van der Waals surface area contributed by atoms with Gasteiger partial charge in [-0.05, 0) is 42.8 Å². The molecule has 0 saturated carbocycles. The Labute approximate surface area is 167 Å². The zero-order valence-electron chi connectivity index (χ0n) is 16.1. The number of carbonyl (C=O) groups excluding carboxylic acids is 3. The summed E-state index contributed by atoms with van der Waals surface area (Å²) in [7, 11) is -0.665. The quantitative estimate of drug-likeness (QED) is 0.556. The third-order valence-electron chi connectivity index (χ3n) is 3.95. The maximum atomic E-state index is 12.8. The number of methoxy groups -OCH3 is 3. The first kappa shape index (κ1) is 21.9. The Bertz CT molecular complexity index is 1040. The molecule has 154 valence electrons. The van der Waals surface area contributed by atoms with Crippen LogP contribution in [0.5, 0.6) is 0 Å². The fourth-order valence-electron chi connectivity index (χ4n) is 2.47. The van der Waals surface area contributed by atoms with E-state index < -0.39 is 27.9 Å². The first-order chi connectivity index (χ1) is 13.6. The lowest BCUT2D eigenvalue weighted by Gasteiger charge is -2.12.